The van der Waals surface area contributed by atoms with Crippen LogP contribution in [0, 0.1) is 0 Å². The molecule has 1 heterocycles. The smallest absolute Gasteiger partial charge is 0.395 e. The van der Waals surface area contributed by atoms with Crippen LogP contribution in [0.4, 0.5) is 13.2 Å². The summed E-state index contributed by atoms with van der Waals surface area (Å²) in [6.45, 7) is -2.47. The number of aliphatic hydroxyl groups excluding tert-OH is 1. The predicted molar refractivity (Wildman–Crippen MR) is 68.3 cm³/mol. The van der Waals surface area contributed by atoms with Crippen LogP contribution in [0.2, 0.25) is 8.67 Å². The molecule has 0 aliphatic heterocycles. The van der Waals surface area contributed by atoms with Gasteiger partial charge in [-0.3, -0.25) is 9.69 Å². The van der Waals surface area contributed by atoms with Crippen molar-refractivity contribution < 1.29 is 23.1 Å². The first-order valence-corrected chi connectivity index (χ1v) is 6.68. The van der Waals surface area contributed by atoms with Crippen LogP contribution in [0.3, 0.4) is 0 Å². The van der Waals surface area contributed by atoms with Gasteiger partial charge in [0.15, 0.2) is 5.78 Å². The van der Waals surface area contributed by atoms with Crippen molar-refractivity contribution in [2.24, 2.45) is 0 Å². The second kappa shape index (κ2) is 6.90. The van der Waals surface area contributed by atoms with Gasteiger partial charge in [0.25, 0.3) is 0 Å². The van der Waals surface area contributed by atoms with Gasteiger partial charge in [-0.15, -0.1) is 11.3 Å². The molecule has 0 aliphatic rings. The van der Waals surface area contributed by atoms with Gasteiger partial charge >= 0.3 is 6.18 Å². The molecule has 1 aromatic heterocycles. The molecular weight excluding hydrogens is 326 g/mol. The Kier molecular flexibility index (Phi) is 6.07. The number of halogens is 5. The fraction of sp³-hybridized carbons (Fsp3) is 0.500. The van der Waals surface area contributed by atoms with Gasteiger partial charge in [-0.2, -0.15) is 13.2 Å². The lowest BCUT2D eigenvalue weighted by molar-refractivity contribution is -0.145. The molecular formula is C10H10Cl2F3NO2S. The summed E-state index contributed by atoms with van der Waals surface area (Å²) in [7, 11) is 0. The highest BCUT2D eigenvalue weighted by atomic mass is 35.5. The Morgan fingerprint density at radius 3 is 2.47 bits per heavy atom. The largest absolute Gasteiger partial charge is 0.401 e. The molecule has 0 saturated carbocycles. The third-order valence-electron chi connectivity index (χ3n) is 2.14. The highest BCUT2D eigenvalue weighted by Crippen LogP contribution is 2.31. The Hall–Kier alpha value is -0.340. The fourth-order valence-electron chi connectivity index (χ4n) is 1.43. The van der Waals surface area contributed by atoms with E-state index >= 15 is 0 Å². The quantitative estimate of drug-likeness (QED) is 0.812. The number of carbonyl (C=O) groups is 1. The SMILES string of the molecule is O=C(CN(CCO)CC(F)(F)F)c1cc(Cl)sc1Cl. The van der Waals surface area contributed by atoms with E-state index in [4.69, 9.17) is 28.3 Å². The Bertz CT molecular complexity index is 450. The van der Waals surface area contributed by atoms with Crippen LogP contribution in [0.15, 0.2) is 6.07 Å². The number of hydrogen-bond donors (Lipinski definition) is 1. The highest BCUT2D eigenvalue weighted by molar-refractivity contribution is 7.20. The van der Waals surface area contributed by atoms with Gasteiger partial charge in [0.2, 0.25) is 0 Å². The molecule has 0 fully saturated rings. The predicted octanol–water partition coefficient (Wildman–Crippen LogP) is 3.09. The molecule has 0 saturated heterocycles. The second-order valence-corrected chi connectivity index (χ2v) is 6.00. The molecule has 0 unspecified atom stereocenters. The maximum Gasteiger partial charge on any atom is 0.401 e. The third-order valence-corrected chi connectivity index (χ3v) is 3.63. The molecule has 1 rings (SSSR count). The van der Waals surface area contributed by atoms with Crippen LogP contribution in [0.5, 0.6) is 0 Å². The van der Waals surface area contributed by atoms with E-state index in [1.807, 2.05) is 0 Å². The lowest BCUT2D eigenvalue weighted by Gasteiger charge is -2.21. The molecule has 0 spiro atoms. The molecule has 0 amide bonds. The van der Waals surface area contributed by atoms with Crippen molar-refractivity contribution in [1.29, 1.82) is 0 Å². The van der Waals surface area contributed by atoms with Crippen molar-refractivity contribution in [2.45, 2.75) is 6.18 Å². The summed E-state index contributed by atoms with van der Waals surface area (Å²) in [6, 6.07) is 1.32. The average molecular weight is 336 g/mol. The Morgan fingerprint density at radius 2 is 2.05 bits per heavy atom. The summed E-state index contributed by atoms with van der Waals surface area (Å²) >= 11 is 12.4. The Labute approximate surface area is 121 Å². The van der Waals surface area contributed by atoms with E-state index < -0.39 is 31.7 Å². The number of alkyl halides is 3. The minimum atomic E-state index is -4.44. The van der Waals surface area contributed by atoms with E-state index in [1.165, 1.54) is 6.07 Å². The summed E-state index contributed by atoms with van der Waals surface area (Å²) < 4.78 is 37.3. The molecule has 19 heavy (non-hydrogen) atoms. The molecule has 9 heteroatoms. The molecule has 0 aliphatic carbocycles. The average Bonchev–Trinajstić information content (AvgIpc) is 2.55. The van der Waals surface area contributed by atoms with E-state index in [1.54, 1.807) is 0 Å². The number of aliphatic hydroxyl groups is 1. The van der Waals surface area contributed by atoms with Gasteiger partial charge in [-0.1, -0.05) is 23.2 Å². The van der Waals surface area contributed by atoms with Crippen LogP contribution in [0.1, 0.15) is 10.4 Å². The monoisotopic (exact) mass is 335 g/mol. The molecule has 1 aromatic rings. The van der Waals surface area contributed by atoms with E-state index in [2.05, 4.69) is 0 Å². The topological polar surface area (TPSA) is 40.5 Å². The van der Waals surface area contributed by atoms with Crippen LogP contribution in [-0.2, 0) is 0 Å². The van der Waals surface area contributed by atoms with Gasteiger partial charge in [-0.25, -0.2) is 0 Å². The number of thiophene rings is 1. The van der Waals surface area contributed by atoms with Gasteiger partial charge in [0.1, 0.15) is 4.34 Å². The molecule has 0 aromatic carbocycles. The van der Waals surface area contributed by atoms with Gasteiger partial charge in [0, 0.05) is 6.54 Å². The zero-order valence-electron chi connectivity index (χ0n) is 9.51. The maximum absolute atomic E-state index is 12.3. The van der Waals surface area contributed by atoms with Gasteiger partial charge in [-0.05, 0) is 6.07 Å². The van der Waals surface area contributed by atoms with Gasteiger partial charge < -0.3 is 5.11 Å². The van der Waals surface area contributed by atoms with Crippen molar-refractivity contribution >= 4 is 40.3 Å². The lowest BCUT2D eigenvalue weighted by Crippen LogP contribution is -2.39. The summed E-state index contributed by atoms with van der Waals surface area (Å²) in [5.41, 5.74) is 0.0989. The highest BCUT2D eigenvalue weighted by Gasteiger charge is 2.31. The molecule has 108 valence electrons. The van der Waals surface area contributed by atoms with E-state index in [0.717, 1.165) is 16.2 Å². The molecule has 0 atom stereocenters. The molecule has 1 N–H and O–H groups in total. The first-order valence-electron chi connectivity index (χ1n) is 5.11. The lowest BCUT2D eigenvalue weighted by atomic mass is 10.2. The first-order chi connectivity index (χ1) is 8.73. The van der Waals surface area contributed by atoms with Gasteiger partial charge in [0.05, 0.1) is 29.6 Å². The second-order valence-electron chi connectivity index (χ2n) is 3.71. The minimum absolute atomic E-state index is 0.0989. The Balaban J connectivity index is 2.73. The van der Waals surface area contributed by atoms with Crippen LogP contribution < -0.4 is 0 Å². The first kappa shape index (κ1) is 16.7. The third kappa shape index (κ3) is 5.66. The van der Waals surface area contributed by atoms with Crippen molar-refractivity contribution in [1.82, 2.24) is 4.90 Å². The number of Topliss-reactive ketones (excluding diaryl/α,β-unsaturated/α-hetero) is 1. The zero-order valence-corrected chi connectivity index (χ0v) is 11.8. The van der Waals surface area contributed by atoms with Crippen molar-refractivity contribution in [3.8, 4) is 0 Å². The zero-order chi connectivity index (χ0) is 14.6. The summed E-state index contributed by atoms with van der Waals surface area (Å²) in [6.07, 6.45) is -4.44. The van der Waals surface area contributed by atoms with Crippen LogP contribution in [0.25, 0.3) is 0 Å². The minimum Gasteiger partial charge on any atom is -0.395 e. The number of ketones is 1. The Morgan fingerprint density at radius 1 is 1.42 bits per heavy atom. The molecule has 3 nitrogen and oxygen atoms in total. The number of rotatable bonds is 6. The fourth-order valence-corrected chi connectivity index (χ4v) is 2.93. The standard InChI is InChI=1S/C10H10Cl2F3NO2S/c11-8-3-6(9(12)19-8)7(18)4-16(1-2-17)5-10(13,14)15/h3,17H,1-2,4-5H2. The normalized spacial score (nSPS) is 12.2. The molecule has 0 radical (unpaired) electrons. The maximum atomic E-state index is 12.3. The summed E-state index contributed by atoms with van der Waals surface area (Å²) in [5, 5.41) is 8.71. The van der Waals surface area contributed by atoms with Crippen molar-refractivity contribution in [3.63, 3.8) is 0 Å². The summed E-state index contributed by atoms with van der Waals surface area (Å²) in [5.74, 6) is -0.564. The van der Waals surface area contributed by atoms with Crippen molar-refractivity contribution in [2.75, 3.05) is 26.2 Å². The van der Waals surface area contributed by atoms with Crippen LogP contribution in [-0.4, -0.2) is 48.2 Å². The number of nitrogens with zero attached hydrogens (tertiary/aromatic N) is 1. The van der Waals surface area contributed by atoms with E-state index in [0.29, 0.717) is 0 Å². The van der Waals surface area contributed by atoms with Crippen LogP contribution >= 0.6 is 34.5 Å². The molecule has 0 bridgehead atoms. The van der Waals surface area contributed by atoms with E-state index in [9.17, 15) is 18.0 Å². The summed E-state index contributed by atoms with van der Waals surface area (Å²) in [4.78, 5) is 12.6. The number of hydrogen-bond acceptors (Lipinski definition) is 4. The van der Waals surface area contributed by atoms with E-state index in [-0.39, 0.29) is 20.8 Å². The number of carbonyl (C=O) groups excluding carboxylic acids is 1. The van der Waals surface area contributed by atoms with Crippen molar-refractivity contribution in [3.05, 3.63) is 20.3 Å².